The van der Waals surface area contributed by atoms with E-state index in [1.165, 1.54) is 12.8 Å². The molecule has 3 heteroatoms. The standard InChI is InChI=1S/C13H17ClOS/c14-12-6-2-1-5-11(12)9-16-10-13(15)7-3-4-8-13/h1-2,5-6,15H,3-4,7-10H2. The SMILES string of the molecule is OC1(CSCc2ccccc2Cl)CCCC1. The van der Waals surface area contributed by atoms with Gasteiger partial charge in [-0.05, 0) is 24.5 Å². The van der Waals surface area contributed by atoms with Crippen LogP contribution in [0.25, 0.3) is 0 Å². The minimum atomic E-state index is -0.411. The molecule has 1 fully saturated rings. The molecule has 1 aliphatic carbocycles. The second kappa shape index (κ2) is 5.44. The van der Waals surface area contributed by atoms with Crippen LogP contribution in [0, 0.1) is 0 Å². The third kappa shape index (κ3) is 3.16. The fourth-order valence-electron chi connectivity index (χ4n) is 2.14. The Hall–Kier alpha value is -0.180. The van der Waals surface area contributed by atoms with E-state index in [1.807, 2.05) is 24.3 Å². The van der Waals surface area contributed by atoms with Crippen LogP contribution >= 0.6 is 23.4 Å². The van der Waals surface area contributed by atoms with Crippen molar-refractivity contribution in [3.63, 3.8) is 0 Å². The van der Waals surface area contributed by atoms with Gasteiger partial charge in [0.1, 0.15) is 0 Å². The molecule has 0 aliphatic heterocycles. The van der Waals surface area contributed by atoms with Gasteiger partial charge in [-0.1, -0.05) is 42.6 Å². The van der Waals surface area contributed by atoms with E-state index in [-0.39, 0.29) is 0 Å². The number of hydrogen-bond donors (Lipinski definition) is 1. The first-order chi connectivity index (χ1) is 7.70. The summed E-state index contributed by atoms with van der Waals surface area (Å²) in [4.78, 5) is 0. The van der Waals surface area contributed by atoms with Crippen LogP contribution in [0.3, 0.4) is 0 Å². The van der Waals surface area contributed by atoms with Gasteiger partial charge in [-0.2, -0.15) is 11.8 Å². The number of thioether (sulfide) groups is 1. The Balaban J connectivity index is 1.82. The maximum Gasteiger partial charge on any atom is 0.0737 e. The second-order valence-electron chi connectivity index (χ2n) is 4.52. The normalized spacial score (nSPS) is 18.9. The summed E-state index contributed by atoms with van der Waals surface area (Å²) in [6, 6.07) is 7.92. The molecule has 0 spiro atoms. The summed E-state index contributed by atoms with van der Waals surface area (Å²) in [7, 11) is 0. The van der Waals surface area contributed by atoms with Crippen molar-refractivity contribution < 1.29 is 5.11 Å². The van der Waals surface area contributed by atoms with Crippen molar-refractivity contribution >= 4 is 23.4 Å². The van der Waals surface area contributed by atoms with Crippen molar-refractivity contribution in [3.8, 4) is 0 Å². The summed E-state index contributed by atoms with van der Waals surface area (Å²) in [5.74, 6) is 1.72. The van der Waals surface area contributed by atoms with E-state index >= 15 is 0 Å². The van der Waals surface area contributed by atoms with Gasteiger partial charge in [0.2, 0.25) is 0 Å². The van der Waals surface area contributed by atoms with Crippen molar-refractivity contribution in [1.82, 2.24) is 0 Å². The van der Waals surface area contributed by atoms with E-state index in [0.29, 0.717) is 0 Å². The average molecular weight is 257 g/mol. The van der Waals surface area contributed by atoms with E-state index in [9.17, 15) is 5.11 Å². The number of rotatable bonds is 4. The third-order valence-corrected chi connectivity index (χ3v) is 4.75. The van der Waals surface area contributed by atoms with Crippen molar-refractivity contribution in [2.24, 2.45) is 0 Å². The van der Waals surface area contributed by atoms with E-state index in [4.69, 9.17) is 11.6 Å². The van der Waals surface area contributed by atoms with Crippen LogP contribution in [0.5, 0.6) is 0 Å². The maximum absolute atomic E-state index is 10.2. The Morgan fingerprint density at radius 3 is 2.62 bits per heavy atom. The first kappa shape index (κ1) is 12.3. The van der Waals surface area contributed by atoms with Crippen LogP contribution in [0.4, 0.5) is 0 Å². The highest BCUT2D eigenvalue weighted by Gasteiger charge is 2.30. The van der Waals surface area contributed by atoms with E-state index in [2.05, 4.69) is 0 Å². The molecule has 1 N–H and O–H groups in total. The van der Waals surface area contributed by atoms with Gasteiger partial charge in [0.05, 0.1) is 5.60 Å². The molecule has 1 aromatic rings. The molecule has 0 aromatic heterocycles. The molecule has 2 rings (SSSR count). The lowest BCUT2D eigenvalue weighted by atomic mass is 10.1. The second-order valence-corrected chi connectivity index (χ2v) is 5.91. The molecule has 1 nitrogen and oxygen atoms in total. The van der Waals surface area contributed by atoms with Gasteiger partial charge < -0.3 is 5.11 Å². The molecule has 1 aromatic carbocycles. The smallest absolute Gasteiger partial charge is 0.0737 e. The molecule has 0 atom stereocenters. The molecular weight excluding hydrogens is 240 g/mol. The highest BCUT2D eigenvalue weighted by atomic mass is 35.5. The summed E-state index contributed by atoms with van der Waals surface area (Å²) < 4.78 is 0. The van der Waals surface area contributed by atoms with Crippen LogP contribution in [0.15, 0.2) is 24.3 Å². The Morgan fingerprint density at radius 1 is 1.25 bits per heavy atom. The highest BCUT2D eigenvalue weighted by molar-refractivity contribution is 7.98. The Kier molecular flexibility index (Phi) is 4.17. The zero-order valence-corrected chi connectivity index (χ0v) is 10.9. The molecule has 0 saturated heterocycles. The van der Waals surface area contributed by atoms with Gasteiger partial charge in [-0.3, -0.25) is 0 Å². The summed E-state index contributed by atoms with van der Waals surface area (Å²) in [5.41, 5.74) is 0.752. The fraction of sp³-hybridized carbons (Fsp3) is 0.538. The lowest BCUT2D eigenvalue weighted by Crippen LogP contribution is -2.27. The molecular formula is C13H17ClOS. The van der Waals surface area contributed by atoms with E-state index in [0.717, 1.165) is 34.9 Å². The highest BCUT2D eigenvalue weighted by Crippen LogP contribution is 2.33. The monoisotopic (exact) mass is 256 g/mol. The van der Waals surface area contributed by atoms with E-state index in [1.54, 1.807) is 11.8 Å². The van der Waals surface area contributed by atoms with Crippen molar-refractivity contribution in [3.05, 3.63) is 34.9 Å². The van der Waals surface area contributed by atoms with Crippen LogP contribution in [-0.2, 0) is 5.75 Å². The van der Waals surface area contributed by atoms with Gasteiger partial charge in [-0.25, -0.2) is 0 Å². The average Bonchev–Trinajstić information content (AvgIpc) is 2.68. The van der Waals surface area contributed by atoms with Gasteiger partial charge in [0.15, 0.2) is 0 Å². The van der Waals surface area contributed by atoms with Crippen molar-refractivity contribution in [1.29, 1.82) is 0 Å². The largest absolute Gasteiger partial charge is 0.389 e. The summed E-state index contributed by atoms with van der Waals surface area (Å²) in [5, 5.41) is 11.0. The van der Waals surface area contributed by atoms with Gasteiger partial charge in [0, 0.05) is 16.5 Å². The van der Waals surface area contributed by atoms with Crippen molar-refractivity contribution in [2.75, 3.05) is 5.75 Å². The summed E-state index contributed by atoms with van der Waals surface area (Å²) in [6.45, 7) is 0. The molecule has 1 aliphatic rings. The lowest BCUT2D eigenvalue weighted by Gasteiger charge is -2.21. The first-order valence-corrected chi connectivity index (χ1v) is 7.26. The molecule has 0 heterocycles. The molecule has 0 radical (unpaired) electrons. The fourth-order valence-corrected chi connectivity index (χ4v) is 3.67. The van der Waals surface area contributed by atoms with Crippen molar-refractivity contribution in [2.45, 2.75) is 37.0 Å². The number of aliphatic hydroxyl groups is 1. The summed E-state index contributed by atoms with van der Waals surface area (Å²) >= 11 is 7.86. The van der Waals surface area contributed by atoms with E-state index < -0.39 is 5.60 Å². The first-order valence-electron chi connectivity index (χ1n) is 5.73. The number of benzene rings is 1. The quantitative estimate of drug-likeness (QED) is 0.882. The Bertz CT molecular complexity index is 348. The third-order valence-electron chi connectivity index (χ3n) is 3.12. The molecule has 16 heavy (non-hydrogen) atoms. The molecule has 0 unspecified atom stereocenters. The predicted molar refractivity (Wildman–Crippen MR) is 71.0 cm³/mol. The van der Waals surface area contributed by atoms with Crippen LogP contribution in [-0.4, -0.2) is 16.5 Å². The molecule has 1 saturated carbocycles. The Morgan fingerprint density at radius 2 is 1.94 bits per heavy atom. The number of hydrogen-bond acceptors (Lipinski definition) is 2. The van der Waals surface area contributed by atoms with Crippen LogP contribution in [0.2, 0.25) is 5.02 Å². The zero-order chi connectivity index (χ0) is 11.4. The van der Waals surface area contributed by atoms with Crippen LogP contribution in [0.1, 0.15) is 31.2 Å². The zero-order valence-electron chi connectivity index (χ0n) is 9.29. The minimum absolute atomic E-state index is 0.411. The molecule has 88 valence electrons. The van der Waals surface area contributed by atoms with Gasteiger partial charge in [-0.15, -0.1) is 0 Å². The van der Waals surface area contributed by atoms with Gasteiger partial charge in [0.25, 0.3) is 0 Å². The maximum atomic E-state index is 10.2. The van der Waals surface area contributed by atoms with Gasteiger partial charge >= 0.3 is 0 Å². The molecule has 0 bridgehead atoms. The minimum Gasteiger partial charge on any atom is -0.389 e. The molecule has 0 amide bonds. The van der Waals surface area contributed by atoms with Crippen LogP contribution < -0.4 is 0 Å². The number of halogens is 1. The Labute approximate surface area is 106 Å². The summed E-state index contributed by atoms with van der Waals surface area (Å²) in [6.07, 6.45) is 4.26. The topological polar surface area (TPSA) is 20.2 Å². The lowest BCUT2D eigenvalue weighted by molar-refractivity contribution is 0.0732. The predicted octanol–water partition coefficient (Wildman–Crippen LogP) is 3.88.